The van der Waals surface area contributed by atoms with E-state index in [2.05, 4.69) is 5.32 Å². The highest BCUT2D eigenvalue weighted by atomic mass is 35.5. The fourth-order valence-corrected chi connectivity index (χ4v) is 3.26. The number of nitrogens with one attached hydrogen (secondary N) is 1. The maximum Gasteiger partial charge on any atom is 0.242 e. The van der Waals surface area contributed by atoms with Gasteiger partial charge in [0.05, 0.1) is 0 Å². The van der Waals surface area contributed by atoms with Crippen LogP contribution in [0.25, 0.3) is 0 Å². The largest absolute Gasteiger partial charge is 0.355 e. The van der Waals surface area contributed by atoms with Crippen molar-refractivity contribution >= 4 is 23.4 Å². The summed E-state index contributed by atoms with van der Waals surface area (Å²) in [5.41, 5.74) is 1.95. The quantitative estimate of drug-likeness (QED) is 0.701. The van der Waals surface area contributed by atoms with Gasteiger partial charge in [0.25, 0.3) is 0 Å². The Morgan fingerprint density at radius 2 is 1.70 bits per heavy atom. The van der Waals surface area contributed by atoms with Gasteiger partial charge in [0.2, 0.25) is 11.8 Å². The molecule has 2 aromatic rings. The van der Waals surface area contributed by atoms with Crippen LogP contribution in [0.15, 0.2) is 54.6 Å². The molecule has 0 saturated heterocycles. The lowest BCUT2D eigenvalue weighted by Gasteiger charge is -2.31. The lowest BCUT2D eigenvalue weighted by molar-refractivity contribution is -0.141. The topological polar surface area (TPSA) is 49.4 Å². The highest BCUT2D eigenvalue weighted by molar-refractivity contribution is 6.31. The van der Waals surface area contributed by atoms with E-state index in [4.69, 9.17) is 11.6 Å². The van der Waals surface area contributed by atoms with Gasteiger partial charge >= 0.3 is 0 Å². The molecule has 1 atom stereocenters. The molecule has 0 spiro atoms. The van der Waals surface area contributed by atoms with Crippen LogP contribution < -0.4 is 5.32 Å². The minimum Gasteiger partial charge on any atom is -0.355 e. The average Bonchev–Trinajstić information content (AvgIpc) is 2.68. The molecule has 4 nitrogen and oxygen atoms in total. The Morgan fingerprint density at radius 3 is 2.33 bits per heavy atom. The van der Waals surface area contributed by atoms with Crippen LogP contribution in [-0.2, 0) is 22.6 Å². The van der Waals surface area contributed by atoms with Gasteiger partial charge in [-0.05, 0) is 37.0 Å². The van der Waals surface area contributed by atoms with Crippen LogP contribution in [0.5, 0.6) is 0 Å². The first-order chi connectivity index (χ1) is 13.1. The van der Waals surface area contributed by atoms with Gasteiger partial charge in [-0.15, -0.1) is 0 Å². The highest BCUT2D eigenvalue weighted by Crippen LogP contribution is 2.20. The summed E-state index contributed by atoms with van der Waals surface area (Å²) in [5.74, 6) is -0.169. The Kier molecular flexibility index (Phi) is 8.34. The second-order valence-corrected chi connectivity index (χ2v) is 6.82. The van der Waals surface area contributed by atoms with Gasteiger partial charge in [-0.3, -0.25) is 9.59 Å². The van der Waals surface area contributed by atoms with E-state index >= 15 is 0 Å². The van der Waals surface area contributed by atoms with Crippen molar-refractivity contribution in [2.75, 3.05) is 6.54 Å². The third kappa shape index (κ3) is 6.10. The second kappa shape index (κ2) is 10.7. The van der Waals surface area contributed by atoms with E-state index in [1.165, 1.54) is 0 Å². The number of hydrogen-bond donors (Lipinski definition) is 1. The van der Waals surface area contributed by atoms with E-state index in [1.54, 1.807) is 11.0 Å². The van der Waals surface area contributed by atoms with E-state index in [0.717, 1.165) is 11.1 Å². The van der Waals surface area contributed by atoms with Gasteiger partial charge < -0.3 is 10.2 Å². The zero-order chi connectivity index (χ0) is 19.6. The van der Waals surface area contributed by atoms with Gasteiger partial charge in [0, 0.05) is 24.5 Å². The van der Waals surface area contributed by atoms with Crippen molar-refractivity contribution in [2.45, 2.75) is 45.7 Å². The Balaban J connectivity index is 2.20. The van der Waals surface area contributed by atoms with Gasteiger partial charge in [-0.2, -0.15) is 0 Å². The number of halogens is 1. The standard InChI is InChI=1S/C22H27ClN2O2/c1-3-20(22(27)24-4-2)25(16-18-12-8-9-13-19(18)23)21(26)15-14-17-10-6-5-7-11-17/h5-13,20H,3-4,14-16H2,1-2H3,(H,24,27). The number of nitrogens with zero attached hydrogens (tertiary/aromatic N) is 1. The number of likely N-dealkylation sites (N-methyl/N-ethyl adjacent to an activating group) is 1. The van der Waals surface area contributed by atoms with Crippen molar-refractivity contribution in [3.8, 4) is 0 Å². The fourth-order valence-electron chi connectivity index (χ4n) is 3.06. The van der Waals surface area contributed by atoms with Crippen molar-refractivity contribution in [1.29, 1.82) is 0 Å². The molecular formula is C22H27ClN2O2. The maximum absolute atomic E-state index is 13.0. The van der Waals surface area contributed by atoms with Gasteiger partial charge in [0.1, 0.15) is 6.04 Å². The van der Waals surface area contributed by atoms with Crippen LogP contribution in [-0.4, -0.2) is 29.3 Å². The molecule has 0 heterocycles. The molecule has 144 valence electrons. The zero-order valence-corrected chi connectivity index (χ0v) is 16.7. The number of benzene rings is 2. The van der Waals surface area contributed by atoms with Gasteiger partial charge in [-0.25, -0.2) is 0 Å². The van der Waals surface area contributed by atoms with Crippen molar-refractivity contribution in [3.05, 3.63) is 70.7 Å². The Bertz CT molecular complexity index is 749. The molecule has 1 N–H and O–H groups in total. The fraction of sp³-hybridized carbons (Fsp3) is 0.364. The van der Waals surface area contributed by atoms with Crippen molar-refractivity contribution < 1.29 is 9.59 Å². The molecule has 0 aromatic heterocycles. The maximum atomic E-state index is 13.0. The zero-order valence-electron chi connectivity index (χ0n) is 16.0. The second-order valence-electron chi connectivity index (χ2n) is 6.42. The molecule has 0 aliphatic heterocycles. The predicted octanol–water partition coefficient (Wildman–Crippen LogP) is 4.22. The monoisotopic (exact) mass is 386 g/mol. The Labute approximate surface area is 166 Å². The minimum absolute atomic E-state index is 0.0446. The summed E-state index contributed by atoms with van der Waals surface area (Å²) in [5, 5.41) is 3.44. The summed E-state index contributed by atoms with van der Waals surface area (Å²) in [7, 11) is 0. The molecular weight excluding hydrogens is 360 g/mol. The SMILES string of the molecule is CCNC(=O)C(CC)N(Cc1ccccc1Cl)C(=O)CCc1ccccc1. The van der Waals surface area contributed by atoms with E-state index in [-0.39, 0.29) is 11.8 Å². The van der Waals surface area contributed by atoms with E-state index in [0.29, 0.717) is 37.4 Å². The Morgan fingerprint density at radius 1 is 1.04 bits per heavy atom. The number of amides is 2. The smallest absolute Gasteiger partial charge is 0.242 e. The first-order valence-electron chi connectivity index (χ1n) is 9.41. The molecule has 0 aliphatic rings. The van der Waals surface area contributed by atoms with Crippen molar-refractivity contribution in [3.63, 3.8) is 0 Å². The van der Waals surface area contributed by atoms with Crippen LogP contribution in [0.2, 0.25) is 5.02 Å². The van der Waals surface area contributed by atoms with Crippen LogP contribution in [0, 0.1) is 0 Å². The van der Waals surface area contributed by atoms with E-state index in [9.17, 15) is 9.59 Å². The number of carbonyl (C=O) groups excluding carboxylic acids is 2. The molecule has 2 aromatic carbocycles. The van der Waals surface area contributed by atoms with Gasteiger partial charge in [-0.1, -0.05) is 67.1 Å². The number of hydrogen-bond acceptors (Lipinski definition) is 2. The van der Waals surface area contributed by atoms with Crippen molar-refractivity contribution in [2.24, 2.45) is 0 Å². The van der Waals surface area contributed by atoms with Crippen LogP contribution in [0.1, 0.15) is 37.8 Å². The first kappa shape index (κ1) is 21.0. The molecule has 0 fully saturated rings. The number of aryl methyl sites for hydroxylation is 1. The number of rotatable bonds is 9. The summed E-state index contributed by atoms with van der Waals surface area (Å²) >= 11 is 6.30. The van der Waals surface area contributed by atoms with Crippen molar-refractivity contribution in [1.82, 2.24) is 10.2 Å². The molecule has 2 amide bonds. The Hall–Kier alpha value is -2.33. The molecule has 2 rings (SSSR count). The summed E-state index contributed by atoms with van der Waals surface area (Å²) in [6.07, 6.45) is 1.54. The molecule has 0 saturated carbocycles. The predicted molar refractivity (Wildman–Crippen MR) is 110 cm³/mol. The third-order valence-corrected chi connectivity index (χ3v) is 4.87. The third-order valence-electron chi connectivity index (χ3n) is 4.51. The molecule has 5 heteroatoms. The lowest BCUT2D eigenvalue weighted by atomic mass is 10.1. The number of carbonyl (C=O) groups is 2. The van der Waals surface area contributed by atoms with E-state index < -0.39 is 6.04 Å². The summed E-state index contributed by atoms with van der Waals surface area (Å²) in [4.78, 5) is 27.2. The minimum atomic E-state index is -0.510. The average molecular weight is 387 g/mol. The van der Waals surface area contributed by atoms with Crippen LogP contribution >= 0.6 is 11.6 Å². The van der Waals surface area contributed by atoms with Gasteiger partial charge in [0.15, 0.2) is 0 Å². The normalized spacial score (nSPS) is 11.7. The lowest BCUT2D eigenvalue weighted by Crippen LogP contribution is -2.49. The summed E-state index contributed by atoms with van der Waals surface area (Å²) < 4.78 is 0. The first-order valence-corrected chi connectivity index (χ1v) is 9.79. The molecule has 0 radical (unpaired) electrons. The molecule has 27 heavy (non-hydrogen) atoms. The summed E-state index contributed by atoms with van der Waals surface area (Å²) in [6, 6.07) is 16.8. The molecule has 0 bridgehead atoms. The summed E-state index contributed by atoms with van der Waals surface area (Å²) in [6.45, 7) is 4.65. The molecule has 0 aliphatic carbocycles. The highest BCUT2D eigenvalue weighted by Gasteiger charge is 2.28. The van der Waals surface area contributed by atoms with Crippen LogP contribution in [0.3, 0.4) is 0 Å². The van der Waals surface area contributed by atoms with E-state index in [1.807, 2.05) is 62.4 Å². The molecule has 1 unspecified atom stereocenters. The van der Waals surface area contributed by atoms with Crippen LogP contribution in [0.4, 0.5) is 0 Å².